The molecule has 2 amide bonds. The van der Waals surface area contributed by atoms with Gasteiger partial charge in [0.2, 0.25) is 5.91 Å². The Bertz CT molecular complexity index is 1200. The van der Waals surface area contributed by atoms with Crippen molar-refractivity contribution in [2.75, 3.05) is 11.9 Å². The summed E-state index contributed by atoms with van der Waals surface area (Å²) in [6.45, 7) is 3.21. The summed E-state index contributed by atoms with van der Waals surface area (Å²) in [5, 5.41) is 19.8. The van der Waals surface area contributed by atoms with Crippen LogP contribution in [0.5, 0.6) is 0 Å². The number of carbonyl (C=O) groups is 2. The van der Waals surface area contributed by atoms with Crippen LogP contribution >= 0.6 is 0 Å². The van der Waals surface area contributed by atoms with Crippen LogP contribution in [0.1, 0.15) is 29.8 Å². The molecule has 11 heteroatoms. The maximum Gasteiger partial charge on any atom is 0.418 e. The van der Waals surface area contributed by atoms with Crippen molar-refractivity contribution in [3.05, 3.63) is 53.7 Å². The molecule has 1 aromatic heterocycles. The van der Waals surface area contributed by atoms with Crippen LogP contribution in [0.15, 0.2) is 42.6 Å². The van der Waals surface area contributed by atoms with E-state index in [2.05, 4.69) is 15.7 Å². The van der Waals surface area contributed by atoms with Crippen molar-refractivity contribution in [2.24, 2.45) is 5.73 Å². The lowest BCUT2D eigenvalue weighted by atomic mass is 10.1. The van der Waals surface area contributed by atoms with Crippen LogP contribution in [0, 0.1) is 6.92 Å². The Kier molecular flexibility index (Phi) is 6.37. The van der Waals surface area contributed by atoms with Crippen molar-refractivity contribution in [3.8, 4) is 5.69 Å². The minimum Gasteiger partial charge on any atom is -0.381 e. The van der Waals surface area contributed by atoms with E-state index in [0.29, 0.717) is 29.2 Å². The fraction of sp³-hybridized carbons (Fsp3) is 0.318. The molecular weight excluding hydrogens is 439 g/mol. The van der Waals surface area contributed by atoms with Crippen molar-refractivity contribution < 1.29 is 27.9 Å². The SMILES string of the molecule is Cc1cc(NCC(C)(O)C(F)(F)F)c2cnn(-c3cccc(C(=O)NC(C)C(N)=O)c3)c2c1. The Balaban J connectivity index is 1.95. The van der Waals surface area contributed by atoms with Crippen LogP contribution in [0.2, 0.25) is 0 Å². The van der Waals surface area contributed by atoms with Crippen molar-refractivity contribution in [3.63, 3.8) is 0 Å². The van der Waals surface area contributed by atoms with E-state index in [-0.39, 0.29) is 5.56 Å². The van der Waals surface area contributed by atoms with Crippen molar-refractivity contribution >= 4 is 28.4 Å². The van der Waals surface area contributed by atoms with E-state index < -0.39 is 36.2 Å². The molecule has 3 rings (SSSR count). The highest BCUT2D eigenvalue weighted by Gasteiger charge is 2.49. The zero-order valence-corrected chi connectivity index (χ0v) is 18.2. The first-order chi connectivity index (χ1) is 15.3. The normalized spacial score (nSPS) is 14.5. The number of nitrogens with two attached hydrogens (primary N) is 1. The van der Waals surface area contributed by atoms with Crippen molar-refractivity contribution in [2.45, 2.75) is 38.6 Å². The molecule has 8 nitrogen and oxygen atoms in total. The van der Waals surface area contributed by atoms with E-state index in [4.69, 9.17) is 5.73 Å². The van der Waals surface area contributed by atoms with Gasteiger partial charge in [-0.15, -0.1) is 0 Å². The van der Waals surface area contributed by atoms with Gasteiger partial charge in [0, 0.05) is 16.6 Å². The highest BCUT2D eigenvalue weighted by molar-refractivity contribution is 5.98. The number of nitrogens with one attached hydrogen (secondary N) is 2. The second-order valence-electron chi connectivity index (χ2n) is 8.07. The van der Waals surface area contributed by atoms with Crippen LogP contribution in [0.4, 0.5) is 18.9 Å². The Hall–Kier alpha value is -3.60. The summed E-state index contributed by atoms with van der Waals surface area (Å²) in [7, 11) is 0. The molecule has 33 heavy (non-hydrogen) atoms. The van der Waals surface area contributed by atoms with Crippen LogP contribution in [0.25, 0.3) is 16.6 Å². The number of rotatable bonds is 7. The Morgan fingerprint density at radius 1 is 1.24 bits per heavy atom. The van der Waals surface area contributed by atoms with E-state index in [1.54, 1.807) is 48.0 Å². The maximum atomic E-state index is 13.0. The van der Waals surface area contributed by atoms with E-state index in [1.807, 2.05) is 0 Å². The van der Waals surface area contributed by atoms with Gasteiger partial charge in [-0.05, 0) is 56.7 Å². The van der Waals surface area contributed by atoms with E-state index in [0.717, 1.165) is 5.56 Å². The summed E-state index contributed by atoms with van der Waals surface area (Å²) in [5.74, 6) is -1.16. The summed E-state index contributed by atoms with van der Waals surface area (Å²) in [4.78, 5) is 23.6. The number of anilines is 1. The van der Waals surface area contributed by atoms with Gasteiger partial charge in [-0.1, -0.05) is 6.07 Å². The molecule has 0 aliphatic rings. The molecule has 0 saturated heterocycles. The number of hydrogen-bond donors (Lipinski definition) is 4. The minimum atomic E-state index is -4.79. The van der Waals surface area contributed by atoms with Crippen LogP contribution < -0.4 is 16.4 Å². The lowest BCUT2D eigenvalue weighted by Crippen LogP contribution is -2.47. The number of fused-ring (bicyclic) bond motifs is 1. The average molecular weight is 463 g/mol. The molecule has 0 aliphatic carbocycles. The molecule has 0 saturated carbocycles. The number of benzene rings is 2. The average Bonchev–Trinajstić information content (AvgIpc) is 3.15. The van der Waals surface area contributed by atoms with E-state index in [9.17, 15) is 27.9 Å². The third kappa shape index (κ3) is 5.08. The number of aryl methyl sites for hydroxylation is 1. The molecule has 2 atom stereocenters. The highest BCUT2D eigenvalue weighted by atomic mass is 19.4. The third-order valence-electron chi connectivity index (χ3n) is 5.19. The number of nitrogens with zero attached hydrogens (tertiary/aromatic N) is 2. The first-order valence-electron chi connectivity index (χ1n) is 10.0. The number of aliphatic hydroxyl groups is 1. The maximum absolute atomic E-state index is 13.0. The molecule has 3 aromatic rings. The van der Waals surface area contributed by atoms with Gasteiger partial charge in [-0.2, -0.15) is 18.3 Å². The van der Waals surface area contributed by atoms with Crippen LogP contribution in [-0.4, -0.2) is 51.1 Å². The summed E-state index contributed by atoms with van der Waals surface area (Å²) < 4.78 is 40.6. The molecule has 0 radical (unpaired) electrons. The predicted molar refractivity (Wildman–Crippen MR) is 117 cm³/mol. The fourth-order valence-corrected chi connectivity index (χ4v) is 3.12. The second-order valence-corrected chi connectivity index (χ2v) is 8.07. The fourth-order valence-electron chi connectivity index (χ4n) is 3.12. The molecular formula is C22H24F3N5O3. The molecule has 0 spiro atoms. The predicted octanol–water partition coefficient (Wildman–Crippen LogP) is 2.66. The Morgan fingerprint density at radius 3 is 2.58 bits per heavy atom. The van der Waals surface area contributed by atoms with Gasteiger partial charge >= 0.3 is 6.18 Å². The summed E-state index contributed by atoms with van der Waals surface area (Å²) >= 11 is 0. The lowest BCUT2D eigenvalue weighted by molar-refractivity contribution is -0.246. The number of halogens is 3. The van der Waals surface area contributed by atoms with E-state index in [1.165, 1.54) is 13.1 Å². The second kappa shape index (κ2) is 8.74. The van der Waals surface area contributed by atoms with Crippen LogP contribution in [0.3, 0.4) is 0 Å². The van der Waals surface area contributed by atoms with Crippen molar-refractivity contribution in [1.82, 2.24) is 15.1 Å². The first kappa shape index (κ1) is 24.1. The zero-order valence-electron chi connectivity index (χ0n) is 18.2. The molecule has 1 heterocycles. The monoisotopic (exact) mass is 463 g/mol. The molecule has 5 N–H and O–H groups in total. The highest BCUT2D eigenvalue weighted by Crippen LogP contribution is 2.32. The summed E-state index contributed by atoms with van der Waals surface area (Å²) in [6, 6.07) is 9.10. The number of primary amides is 1. The zero-order chi connectivity index (χ0) is 24.6. The largest absolute Gasteiger partial charge is 0.418 e. The molecule has 0 fully saturated rings. The van der Waals surface area contributed by atoms with Crippen molar-refractivity contribution in [1.29, 1.82) is 0 Å². The molecule has 0 aliphatic heterocycles. The van der Waals surface area contributed by atoms with Gasteiger partial charge in [0.15, 0.2) is 5.60 Å². The van der Waals surface area contributed by atoms with Gasteiger partial charge in [0.1, 0.15) is 6.04 Å². The number of aromatic nitrogens is 2. The number of alkyl halides is 3. The summed E-state index contributed by atoms with van der Waals surface area (Å²) in [5.41, 5.74) is 4.80. The summed E-state index contributed by atoms with van der Waals surface area (Å²) in [6.07, 6.45) is -3.30. The molecule has 176 valence electrons. The van der Waals surface area contributed by atoms with Gasteiger partial charge in [-0.25, -0.2) is 4.68 Å². The van der Waals surface area contributed by atoms with Gasteiger partial charge in [0.25, 0.3) is 5.91 Å². The van der Waals surface area contributed by atoms with Gasteiger partial charge in [-0.3, -0.25) is 9.59 Å². The smallest absolute Gasteiger partial charge is 0.381 e. The molecule has 2 unspecified atom stereocenters. The quantitative estimate of drug-likeness (QED) is 0.429. The standard InChI is InChI=1S/C22H24F3N5O3/c1-12-7-17(27-11-21(3,33)22(23,24)25)16-10-28-30(18(16)8-12)15-6-4-5-14(9-15)20(32)29-13(2)19(26)31/h4-10,13,27,33H,11H2,1-3H3,(H2,26,31)(H,29,32). The number of hydrogen-bond acceptors (Lipinski definition) is 5. The lowest BCUT2D eigenvalue weighted by Gasteiger charge is -2.27. The third-order valence-corrected chi connectivity index (χ3v) is 5.19. The first-order valence-corrected chi connectivity index (χ1v) is 10.0. The molecule has 2 aromatic carbocycles. The Morgan fingerprint density at radius 2 is 1.94 bits per heavy atom. The minimum absolute atomic E-state index is 0.275. The Labute approximate surface area is 187 Å². The van der Waals surface area contributed by atoms with Gasteiger partial charge < -0.3 is 21.5 Å². The molecule has 0 bridgehead atoms. The number of carbonyl (C=O) groups excluding carboxylic acids is 2. The number of amides is 2. The van der Waals surface area contributed by atoms with E-state index >= 15 is 0 Å². The van der Waals surface area contributed by atoms with Gasteiger partial charge in [0.05, 0.1) is 23.9 Å². The van der Waals surface area contributed by atoms with Crippen LogP contribution in [-0.2, 0) is 4.79 Å². The topological polar surface area (TPSA) is 122 Å².